The van der Waals surface area contributed by atoms with Crippen molar-refractivity contribution < 1.29 is 4.79 Å². The van der Waals surface area contributed by atoms with Crippen molar-refractivity contribution in [2.45, 2.75) is 52.1 Å². The number of carbonyl (C=O) groups is 1. The largest absolute Gasteiger partial charge is 0.338 e. The Balaban J connectivity index is 1.88. The zero-order valence-corrected chi connectivity index (χ0v) is 12.6. The van der Waals surface area contributed by atoms with Gasteiger partial charge in [0, 0.05) is 31.7 Å². The maximum absolute atomic E-state index is 12.5. The molecule has 4 nitrogen and oxygen atoms in total. The summed E-state index contributed by atoms with van der Waals surface area (Å²) < 4.78 is 0. The topological polar surface area (TPSA) is 49.6 Å². The van der Waals surface area contributed by atoms with E-state index in [2.05, 4.69) is 30.6 Å². The molecule has 2 aliphatic heterocycles. The molecule has 0 radical (unpaired) electrons. The minimum absolute atomic E-state index is 0.307. The Morgan fingerprint density at radius 2 is 1.84 bits per heavy atom. The number of hydrogen-bond acceptors (Lipinski definition) is 3. The van der Waals surface area contributed by atoms with E-state index in [9.17, 15) is 4.79 Å². The number of nitrogens with zero attached hydrogens (tertiary/aromatic N) is 2. The van der Waals surface area contributed by atoms with Gasteiger partial charge in [0.05, 0.1) is 6.54 Å². The Hall–Kier alpha value is -0.610. The molecule has 19 heavy (non-hydrogen) atoms. The summed E-state index contributed by atoms with van der Waals surface area (Å²) in [6.45, 7) is 10.2. The first-order chi connectivity index (χ1) is 8.97. The molecule has 3 atom stereocenters. The quantitative estimate of drug-likeness (QED) is 0.820. The first-order valence-electron chi connectivity index (χ1n) is 7.74. The van der Waals surface area contributed by atoms with Gasteiger partial charge < -0.3 is 10.6 Å². The molecule has 0 spiro atoms. The first kappa shape index (κ1) is 14.8. The van der Waals surface area contributed by atoms with Crippen LogP contribution < -0.4 is 5.73 Å². The SMILES string of the molecule is CC1CC(C)C(C)N(C(=O)CN2CCC(N)CC2)C1. The van der Waals surface area contributed by atoms with Gasteiger partial charge in [-0.2, -0.15) is 0 Å². The molecule has 2 aliphatic rings. The van der Waals surface area contributed by atoms with Gasteiger partial charge in [-0.3, -0.25) is 9.69 Å². The molecule has 0 aromatic carbocycles. The Kier molecular flexibility index (Phi) is 4.85. The van der Waals surface area contributed by atoms with E-state index in [-0.39, 0.29) is 0 Å². The first-order valence-corrected chi connectivity index (χ1v) is 7.74. The van der Waals surface area contributed by atoms with Gasteiger partial charge in [0.1, 0.15) is 0 Å². The predicted molar refractivity (Wildman–Crippen MR) is 77.8 cm³/mol. The van der Waals surface area contributed by atoms with Crippen LogP contribution in [-0.4, -0.2) is 54.0 Å². The maximum atomic E-state index is 12.5. The number of piperidine rings is 2. The highest BCUT2D eigenvalue weighted by Crippen LogP contribution is 2.27. The summed E-state index contributed by atoms with van der Waals surface area (Å²) in [5, 5.41) is 0. The molecule has 0 aliphatic carbocycles. The monoisotopic (exact) mass is 267 g/mol. The number of nitrogens with two attached hydrogens (primary N) is 1. The van der Waals surface area contributed by atoms with Crippen LogP contribution in [0.5, 0.6) is 0 Å². The molecule has 2 saturated heterocycles. The summed E-state index contributed by atoms with van der Waals surface area (Å²) >= 11 is 0. The van der Waals surface area contributed by atoms with Crippen molar-refractivity contribution in [2.24, 2.45) is 17.6 Å². The average molecular weight is 267 g/mol. The van der Waals surface area contributed by atoms with Crippen molar-refractivity contribution >= 4 is 5.91 Å². The van der Waals surface area contributed by atoms with E-state index in [1.54, 1.807) is 0 Å². The smallest absolute Gasteiger partial charge is 0.237 e. The van der Waals surface area contributed by atoms with Crippen molar-refractivity contribution in [2.75, 3.05) is 26.2 Å². The van der Waals surface area contributed by atoms with E-state index in [1.165, 1.54) is 6.42 Å². The van der Waals surface area contributed by atoms with Gasteiger partial charge in [0.15, 0.2) is 0 Å². The van der Waals surface area contributed by atoms with Crippen molar-refractivity contribution in [3.05, 3.63) is 0 Å². The van der Waals surface area contributed by atoms with Crippen LogP contribution in [0.3, 0.4) is 0 Å². The summed E-state index contributed by atoms with van der Waals surface area (Å²) in [5.74, 6) is 1.55. The zero-order chi connectivity index (χ0) is 14.0. The van der Waals surface area contributed by atoms with Gasteiger partial charge in [-0.15, -0.1) is 0 Å². The van der Waals surface area contributed by atoms with Crippen molar-refractivity contribution in [3.63, 3.8) is 0 Å². The third-order valence-electron chi connectivity index (χ3n) is 4.91. The van der Waals surface area contributed by atoms with E-state index in [0.717, 1.165) is 32.5 Å². The normalized spacial score (nSPS) is 34.5. The molecule has 1 amide bonds. The van der Waals surface area contributed by atoms with Crippen LogP contribution in [0, 0.1) is 11.8 Å². The third kappa shape index (κ3) is 3.69. The molecule has 3 unspecified atom stereocenters. The van der Waals surface area contributed by atoms with E-state index in [4.69, 9.17) is 5.73 Å². The minimum atomic E-state index is 0.307. The fourth-order valence-electron chi connectivity index (χ4n) is 3.44. The molecular formula is C15H29N3O. The van der Waals surface area contributed by atoms with Crippen molar-refractivity contribution in [1.29, 1.82) is 0 Å². The lowest BCUT2D eigenvalue weighted by atomic mass is 9.86. The summed E-state index contributed by atoms with van der Waals surface area (Å²) in [6, 6.07) is 0.719. The van der Waals surface area contributed by atoms with Crippen LogP contribution in [0.2, 0.25) is 0 Å². The highest BCUT2D eigenvalue weighted by molar-refractivity contribution is 5.78. The van der Waals surface area contributed by atoms with Gasteiger partial charge in [-0.1, -0.05) is 13.8 Å². The summed E-state index contributed by atoms with van der Waals surface area (Å²) in [4.78, 5) is 16.9. The number of likely N-dealkylation sites (tertiary alicyclic amines) is 2. The second-order valence-electron chi connectivity index (χ2n) is 6.72. The number of amides is 1. The van der Waals surface area contributed by atoms with E-state index < -0.39 is 0 Å². The van der Waals surface area contributed by atoms with Crippen LogP contribution in [0.1, 0.15) is 40.0 Å². The van der Waals surface area contributed by atoms with E-state index in [1.807, 2.05) is 0 Å². The van der Waals surface area contributed by atoms with Crippen molar-refractivity contribution in [3.8, 4) is 0 Å². The van der Waals surface area contributed by atoms with Gasteiger partial charge in [-0.25, -0.2) is 0 Å². The Labute approximate surface area is 117 Å². The molecule has 2 N–H and O–H groups in total. The maximum Gasteiger partial charge on any atom is 0.237 e. The van der Waals surface area contributed by atoms with Crippen LogP contribution in [-0.2, 0) is 4.79 Å². The summed E-state index contributed by atoms with van der Waals surface area (Å²) in [6.07, 6.45) is 3.29. The molecule has 4 heteroatoms. The highest BCUT2D eigenvalue weighted by Gasteiger charge is 2.32. The molecule has 110 valence electrons. The minimum Gasteiger partial charge on any atom is -0.338 e. The predicted octanol–water partition coefficient (Wildman–Crippen LogP) is 1.30. The molecule has 2 heterocycles. The standard InChI is InChI=1S/C15H29N3O/c1-11-8-12(2)13(3)18(9-11)15(19)10-17-6-4-14(16)5-7-17/h11-14H,4-10,16H2,1-3H3. The zero-order valence-electron chi connectivity index (χ0n) is 12.6. The number of hydrogen-bond donors (Lipinski definition) is 1. The van der Waals surface area contributed by atoms with Crippen LogP contribution >= 0.6 is 0 Å². The fourth-order valence-corrected chi connectivity index (χ4v) is 3.44. The Morgan fingerprint density at radius 1 is 1.21 bits per heavy atom. The number of carbonyl (C=O) groups excluding carboxylic acids is 1. The van der Waals surface area contributed by atoms with Gasteiger partial charge >= 0.3 is 0 Å². The third-order valence-corrected chi connectivity index (χ3v) is 4.91. The van der Waals surface area contributed by atoms with Crippen molar-refractivity contribution in [1.82, 2.24) is 9.80 Å². The molecule has 2 rings (SSSR count). The molecule has 2 fully saturated rings. The lowest BCUT2D eigenvalue weighted by Crippen LogP contribution is -2.53. The lowest BCUT2D eigenvalue weighted by molar-refractivity contribution is -0.138. The average Bonchev–Trinajstić information content (AvgIpc) is 2.36. The second kappa shape index (κ2) is 6.23. The van der Waals surface area contributed by atoms with Gasteiger partial charge in [0.2, 0.25) is 5.91 Å². The van der Waals surface area contributed by atoms with Crippen LogP contribution in [0.25, 0.3) is 0 Å². The Bertz CT molecular complexity index is 313. The Morgan fingerprint density at radius 3 is 2.47 bits per heavy atom. The van der Waals surface area contributed by atoms with Gasteiger partial charge in [-0.05, 0) is 38.0 Å². The van der Waals surface area contributed by atoms with Gasteiger partial charge in [0.25, 0.3) is 0 Å². The summed E-state index contributed by atoms with van der Waals surface area (Å²) in [7, 11) is 0. The fraction of sp³-hybridized carbons (Fsp3) is 0.933. The lowest BCUT2D eigenvalue weighted by Gasteiger charge is -2.42. The molecule has 0 saturated carbocycles. The van der Waals surface area contributed by atoms with Crippen LogP contribution in [0.4, 0.5) is 0 Å². The van der Waals surface area contributed by atoms with Crippen LogP contribution in [0.15, 0.2) is 0 Å². The van der Waals surface area contributed by atoms with E-state index in [0.29, 0.717) is 36.4 Å². The molecule has 0 aromatic heterocycles. The molecular weight excluding hydrogens is 238 g/mol. The van der Waals surface area contributed by atoms with E-state index >= 15 is 0 Å². The highest BCUT2D eigenvalue weighted by atomic mass is 16.2. The summed E-state index contributed by atoms with van der Waals surface area (Å²) in [5.41, 5.74) is 5.91. The second-order valence-corrected chi connectivity index (χ2v) is 6.72. The molecule has 0 aromatic rings. The number of rotatable bonds is 2. The molecule has 0 bridgehead atoms.